The van der Waals surface area contributed by atoms with Crippen molar-refractivity contribution in [1.29, 1.82) is 0 Å². The smallest absolute Gasteiger partial charge is 0.129 e. The third-order valence-electron chi connectivity index (χ3n) is 2.79. The summed E-state index contributed by atoms with van der Waals surface area (Å²) >= 11 is 0. The van der Waals surface area contributed by atoms with E-state index in [4.69, 9.17) is 5.11 Å². The van der Waals surface area contributed by atoms with E-state index in [1.807, 2.05) is 19.9 Å². The van der Waals surface area contributed by atoms with Gasteiger partial charge in [0.15, 0.2) is 0 Å². The molecule has 0 aliphatic carbocycles. The molecule has 0 amide bonds. The highest BCUT2D eigenvalue weighted by molar-refractivity contribution is 5.37. The van der Waals surface area contributed by atoms with E-state index in [0.717, 1.165) is 11.4 Å². The van der Waals surface area contributed by atoms with Crippen molar-refractivity contribution in [2.75, 3.05) is 6.61 Å². The topological polar surface area (TPSA) is 38.0 Å². The van der Waals surface area contributed by atoms with Crippen molar-refractivity contribution in [2.45, 2.75) is 20.4 Å². The summed E-state index contributed by atoms with van der Waals surface area (Å²) in [7, 11) is 0. The second-order valence-electron chi connectivity index (χ2n) is 4.35. The maximum Gasteiger partial charge on any atom is 0.129 e. The van der Waals surface area contributed by atoms with E-state index >= 15 is 0 Å². The average molecular weight is 258 g/mol. The van der Waals surface area contributed by atoms with Gasteiger partial charge in [0.05, 0.1) is 12.2 Å². The third-order valence-corrected chi connectivity index (χ3v) is 2.79. The fraction of sp³-hybridized carbons (Fsp3) is 0.267. The van der Waals surface area contributed by atoms with Crippen molar-refractivity contribution >= 4 is 0 Å². The summed E-state index contributed by atoms with van der Waals surface area (Å²) in [6.45, 7) is 4.03. The molecular formula is C15H15FN2O. The average Bonchev–Trinajstić information content (AvgIpc) is 2.68. The largest absolute Gasteiger partial charge is 0.384 e. The molecule has 0 bridgehead atoms. The Bertz CT molecular complexity index is 650. The Balaban J connectivity index is 2.24. The van der Waals surface area contributed by atoms with Crippen LogP contribution >= 0.6 is 0 Å². The number of hydrogen-bond donors (Lipinski definition) is 1. The zero-order valence-corrected chi connectivity index (χ0v) is 10.9. The summed E-state index contributed by atoms with van der Waals surface area (Å²) in [6.07, 6.45) is 0. The summed E-state index contributed by atoms with van der Waals surface area (Å²) in [4.78, 5) is 0. The van der Waals surface area contributed by atoms with Gasteiger partial charge in [-0.2, -0.15) is 5.10 Å². The van der Waals surface area contributed by atoms with Crippen LogP contribution < -0.4 is 0 Å². The molecule has 2 rings (SSSR count). The number of aliphatic hydroxyl groups excluding tert-OH is 1. The van der Waals surface area contributed by atoms with Gasteiger partial charge in [-0.1, -0.05) is 17.9 Å². The van der Waals surface area contributed by atoms with E-state index in [2.05, 4.69) is 16.9 Å². The van der Waals surface area contributed by atoms with Gasteiger partial charge >= 0.3 is 0 Å². The van der Waals surface area contributed by atoms with Gasteiger partial charge in [-0.25, -0.2) is 4.39 Å². The van der Waals surface area contributed by atoms with Crippen molar-refractivity contribution in [3.05, 3.63) is 52.6 Å². The Hall–Kier alpha value is -2.12. The van der Waals surface area contributed by atoms with E-state index < -0.39 is 0 Å². The molecule has 98 valence electrons. The van der Waals surface area contributed by atoms with Gasteiger partial charge in [-0.05, 0) is 32.0 Å². The fourth-order valence-corrected chi connectivity index (χ4v) is 1.89. The monoisotopic (exact) mass is 258 g/mol. The molecule has 1 aromatic carbocycles. The molecule has 0 radical (unpaired) electrons. The Labute approximate surface area is 111 Å². The van der Waals surface area contributed by atoms with Crippen LogP contribution in [-0.4, -0.2) is 21.5 Å². The molecule has 0 atom stereocenters. The van der Waals surface area contributed by atoms with Crippen LogP contribution in [0.4, 0.5) is 4.39 Å². The van der Waals surface area contributed by atoms with Gasteiger partial charge in [0, 0.05) is 16.8 Å². The molecule has 2 aromatic rings. The first-order valence-corrected chi connectivity index (χ1v) is 5.99. The third kappa shape index (κ3) is 3.21. The van der Waals surface area contributed by atoms with Gasteiger partial charge in [0.1, 0.15) is 12.4 Å². The van der Waals surface area contributed by atoms with Gasteiger partial charge in [0.2, 0.25) is 0 Å². The maximum absolute atomic E-state index is 13.9. The van der Waals surface area contributed by atoms with Crippen LogP contribution in [0.5, 0.6) is 0 Å². The first-order valence-electron chi connectivity index (χ1n) is 5.99. The lowest BCUT2D eigenvalue weighted by Crippen LogP contribution is -2.05. The molecule has 0 saturated carbocycles. The van der Waals surface area contributed by atoms with Crippen LogP contribution in [0.25, 0.3) is 0 Å². The highest BCUT2D eigenvalue weighted by Crippen LogP contribution is 2.13. The van der Waals surface area contributed by atoms with Crippen molar-refractivity contribution in [2.24, 2.45) is 0 Å². The van der Waals surface area contributed by atoms with Crippen LogP contribution in [0.2, 0.25) is 0 Å². The summed E-state index contributed by atoms with van der Waals surface area (Å²) in [6, 6.07) is 6.78. The zero-order valence-electron chi connectivity index (χ0n) is 10.9. The van der Waals surface area contributed by atoms with Gasteiger partial charge in [0.25, 0.3) is 0 Å². The summed E-state index contributed by atoms with van der Waals surface area (Å²) < 4.78 is 15.7. The normalized spacial score (nSPS) is 10.1. The molecule has 1 N–H and O–H groups in total. The standard InChI is InChI=1S/C15H15FN2O/c1-11-8-12(2)18(17-11)10-14-6-5-13(4-3-7-19)9-15(14)16/h5-6,8-9,19H,7,10H2,1-2H3. The lowest BCUT2D eigenvalue weighted by Gasteiger charge is -2.06. The van der Waals surface area contributed by atoms with E-state index in [-0.39, 0.29) is 12.4 Å². The number of hydrogen-bond acceptors (Lipinski definition) is 2. The Morgan fingerprint density at radius 1 is 1.32 bits per heavy atom. The van der Waals surface area contributed by atoms with Crippen molar-refractivity contribution in [3.8, 4) is 11.8 Å². The first kappa shape index (κ1) is 13.3. The molecule has 0 aliphatic rings. The predicted molar refractivity (Wildman–Crippen MR) is 71.2 cm³/mol. The predicted octanol–water partition coefficient (Wildman–Crippen LogP) is 2.03. The van der Waals surface area contributed by atoms with Crippen molar-refractivity contribution in [3.63, 3.8) is 0 Å². The van der Waals surface area contributed by atoms with Crippen LogP contribution in [0, 0.1) is 31.5 Å². The summed E-state index contributed by atoms with van der Waals surface area (Å²) in [5.41, 5.74) is 3.05. The molecule has 0 spiro atoms. The first-order chi connectivity index (χ1) is 9.10. The summed E-state index contributed by atoms with van der Waals surface area (Å²) in [5, 5.41) is 12.9. The zero-order chi connectivity index (χ0) is 13.8. The SMILES string of the molecule is Cc1cc(C)n(Cc2ccc(C#CCO)cc2F)n1. The lowest BCUT2D eigenvalue weighted by molar-refractivity contribution is 0.350. The molecule has 0 aliphatic heterocycles. The highest BCUT2D eigenvalue weighted by atomic mass is 19.1. The fourth-order valence-electron chi connectivity index (χ4n) is 1.89. The molecule has 19 heavy (non-hydrogen) atoms. The number of nitrogens with zero attached hydrogens (tertiary/aromatic N) is 2. The van der Waals surface area contributed by atoms with Crippen LogP contribution in [0.15, 0.2) is 24.3 Å². The molecule has 0 fully saturated rings. The molecular weight excluding hydrogens is 243 g/mol. The molecule has 0 unspecified atom stereocenters. The van der Waals surface area contributed by atoms with Crippen LogP contribution in [-0.2, 0) is 6.54 Å². The molecule has 1 heterocycles. The van der Waals surface area contributed by atoms with Gasteiger partial charge < -0.3 is 5.11 Å². The maximum atomic E-state index is 13.9. The number of aromatic nitrogens is 2. The molecule has 1 aromatic heterocycles. The second-order valence-corrected chi connectivity index (χ2v) is 4.35. The minimum absolute atomic E-state index is 0.227. The van der Waals surface area contributed by atoms with Gasteiger partial charge in [-0.15, -0.1) is 0 Å². The second kappa shape index (κ2) is 5.68. The van der Waals surface area contributed by atoms with E-state index in [1.54, 1.807) is 16.8 Å². The Kier molecular flexibility index (Phi) is 3.98. The minimum atomic E-state index is -0.308. The van der Waals surface area contributed by atoms with Crippen molar-refractivity contribution < 1.29 is 9.50 Å². The van der Waals surface area contributed by atoms with Crippen LogP contribution in [0.1, 0.15) is 22.5 Å². The molecule has 4 heteroatoms. The van der Waals surface area contributed by atoms with Gasteiger partial charge in [-0.3, -0.25) is 4.68 Å². The Morgan fingerprint density at radius 2 is 2.11 bits per heavy atom. The number of aliphatic hydroxyl groups is 1. The molecule has 0 saturated heterocycles. The quantitative estimate of drug-likeness (QED) is 0.837. The lowest BCUT2D eigenvalue weighted by atomic mass is 10.1. The highest BCUT2D eigenvalue weighted by Gasteiger charge is 2.06. The number of rotatable bonds is 2. The van der Waals surface area contributed by atoms with E-state index in [9.17, 15) is 4.39 Å². The summed E-state index contributed by atoms with van der Waals surface area (Å²) in [5.74, 6) is 4.87. The minimum Gasteiger partial charge on any atom is -0.384 e. The van der Waals surface area contributed by atoms with E-state index in [0.29, 0.717) is 17.7 Å². The van der Waals surface area contributed by atoms with E-state index in [1.165, 1.54) is 6.07 Å². The number of halogens is 1. The van der Waals surface area contributed by atoms with Crippen molar-refractivity contribution in [1.82, 2.24) is 9.78 Å². The van der Waals surface area contributed by atoms with Crippen LogP contribution in [0.3, 0.4) is 0 Å². The number of benzene rings is 1. The number of aryl methyl sites for hydroxylation is 2. The molecule has 3 nitrogen and oxygen atoms in total. The Morgan fingerprint density at radius 3 is 2.68 bits per heavy atom.